The van der Waals surface area contributed by atoms with Gasteiger partial charge in [-0.05, 0) is 41.5 Å². The minimum Gasteiger partial charge on any atom is -0.493 e. The summed E-state index contributed by atoms with van der Waals surface area (Å²) in [5.41, 5.74) is 1.34. The van der Waals surface area contributed by atoms with Crippen molar-refractivity contribution in [1.82, 2.24) is 5.32 Å². The highest BCUT2D eigenvalue weighted by molar-refractivity contribution is 9.10. The van der Waals surface area contributed by atoms with Crippen LogP contribution in [0.4, 0.5) is 0 Å². The number of carboxylic acids is 1. The molecule has 2 aromatic rings. The summed E-state index contributed by atoms with van der Waals surface area (Å²) in [6.07, 6.45) is 1.35. The number of methoxy groups -OCH3 is 1. The number of nitrogens with one attached hydrogen (secondary N) is 1. The molecule has 0 unspecified atom stereocenters. The van der Waals surface area contributed by atoms with Crippen LogP contribution in [0.15, 0.2) is 52.6 Å². The van der Waals surface area contributed by atoms with Crippen LogP contribution < -0.4 is 14.8 Å². The van der Waals surface area contributed by atoms with Gasteiger partial charge in [-0.15, -0.1) is 0 Å². The molecule has 0 spiro atoms. The minimum atomic E-state index is -1.23. The number of rotatable bonds is 7. The Morgan fingerprint density at radius 2 is 1.85 bits per heavy atom. The fraction of sp³-hybridized carbons (Fsp3) is 0.158. The van der Waals surface area contributed by atoms with Gasteiger partial charge < -0.3 is 19.9 Å². The Morgan fingerprint density at radius 1 is 1.15 bits per heavy atom. The van der Waals surface area contributed by atoms with Crippen LogP contribution in [0, 0.1) is 0 Å². The van der Waals surface area contributed by atoms with Gasteiger partial charge in [0.1, 0.15) is 12.3 Å². The monoisotopic (exact) mass is 419 g/mol. The van der Waals surface area contributed by atoms with E-state index in [4.69, 9.17) is 14.6 Å². The number of hydrogen-bond donors (Lipinski definition) is 2. The molecule has 2 N–H and O–H groups in total. The molecule has 0 aliphatic rings. The van der Waals surface area contributed by atoms with E-state index in [1.807, 2.05) is 24.3 Å². The summed E-state index contributed by atoms with van der Waals surface area (Å²) < 4.78 is 12.1. The fourth-order valence-corrected chi connectivity index (χ4v) is 2.41. The first kappa shape index (κ1) is 19.5. The average Bonchev–Trinajstić information content (AvgIpc) is 2.60. The van der Waals surface area contributed by atoms with Crippen molar-refractivity contribution in [1.29, 1.82) is 0 Å². The van der Waals surface area contributed by atoms with Gasteiger partial charge in [-0.2, -0.15) is 0 Å². The van der Waals surface area contributed by atoms with Gasteiger partial charge in [-0.3, -0.25) is 4.79 Å². The van der Waals surface area contributed by atoms with E-state index in [2.05, 4.69) is 21.2 Å². The van der Waals surface area contributed by atoms with E-state index < -0.39 is 11.9 Å². The maximum Gasteiger partial charge on any atom is 0.352 e. The van der Waals surface area contributed by atoms with Crippen molar-refractivity contribution in [3.63, 3.8) is 0 Å². The molecule has 0 heterocycles. The Kier molecular flexibility index (Phi) is 6.80. The molecule has 0 aliphatic carbocycles. The van der Waals surface area contributed by atoms with Crippen LogP contribution in [0.2, 0.25) is 0 Å². The van der Waals surface area contributed by atoms with E-state index in [1.54, 1.807) is 18.2 Å². The summed E-state index contributed by atoms with van der Waals surface area (Å²) in [6.45, 7) is 1.61. The number of halogens is 1. The van der Waals surface area contributed by atoms with Gasteiger partial charge in [0.2, 0.25) is 5.91 Å². The van der Waals surface area contributed by atoms with Crippen LogP contribution in [-0.2, 0) is 16.2 Å². The molecule has 0 saturated carbocycles. The molecule has 1 amide bonds. The number of amides is 1. The topological polar surface area (TPSA) is 84.9 Å². The predicted molar refractivity (Wildman–Crippen MR) is 101 cm³/mol. The SMILES string of the molecule is COc1cc(/C=C(/NC(C)=O)C(=O)O)ccc1OCc1ccc(Br)cc1. The first-order valence-corrected chi connectivity index (χ1v) is 8.46. The molecule has 26 heavy (non-hydrogen) atoms. The van der Waals surface area contributed by atoms with E-state index in [9.17, 15) is 9.59 Å². The van der Waals surface area contributed by atoms with Crippen LogP contribution >= 0.6 is 15.9 Å². The zero-order valence-corrected chi connectivity index (χ0v) is 15.9. The van der Waals surface area contributed by atoms with Gasteiger partial charge in [0.05, 0.1) is 7.11 Å². The summed E-state index contributed by atoms with van der Waals surface area (Å²) in [7, 11) is 1.50. The second-order valence-corrected chi connectivity index (χ2v) is 6.29. The molecule has 0 atom stereocenters. The summed E-state index contributed by atoms with van der Waals surface area (Å²) in [4.78, 5) is 22.3. The molecule has 2 rings (SSSR count). The fourth-order valence-electron chi connectivity index (χ4n) is 2.14. The summed E-state index contributed by atoms with van der Waals surface area (Å²) in [5.74, 6) is -0.692. The summed E-state index contributed by atoms with van der Waals surface area (Å²) in [6, 6.07) is 12.8. The van der Waals surface area contributed by atoms with Crippen molar-refractivity contribution in [3.05, 3.63) is 63.8 Å². The predicted octanol–water partition coefficient (Wildman–Crippen LogP) is 3.60. The third-order valence-corrected chi connectivity index (χ3v) is 3.88. The first-order chi connectivity index (χ1) is 12.4. The molecule has 6 nitrogen and oxygen atoms in total. The van der Waals surface area contributed by atoms with Gasteiger partial charge >= 0.3 is 5.97 Å². The van der Waals surface area contributed by atoms with Gasteiger partial charge in [-0.1, -0.05) is 34.1 Å². The molecule has 0 aliphatic heterocycles. The van der Waals surface area contributed by atoms with E-state index in [0.717, 1.165) is 10.0 Å². The minimum absolute atomic E-state index is 0.219. The van der Waals surface area contributed by atoms with Crippen LogP contribution in [0.5, 0.6) is 11.5 Å². The number of hydrogen-bond acceptors (Lipinski definition) is 4. The molecule has 136 valence electrons. The zero-order chi connectivity index (χ0) is 19.1. The van der Waals surface area contributed by atoms with Crippen LogP contribution in [0.25, 0.3) is 6.08 Å². The van der Waals surface area contributed by atoms with Crippen molar-refractivity contribution < 1.29 is 24.2 Å². The smallest absolute Gasteiger partial charge is 0.352 e. The van der Waals surface area contributed by atoms with Crippen LogP contribution in [-0.4, -0.2) is 24.1 Å². The molecular weight excluding hydrogens is 402 g/mol. The molecule has 7 heteroatoms. The molecule has 0 bridgehead atoms. The largest absolute Gasteiger partial charge is 0.493 e. The maximum atomic E-state index is 11.2. The summed E-state index contributed by atoms with van der Waals surface area (Å²) in [5, 5.41) is 11.4. The lowest BCUT2D eigenvalue weighted by Gasteiger charge is -2.12. The second-order valence-electron chi connectivity index (χ2n) is 5.37. The zero-order valence-electron chi connectivity index (χ0n) is 14.3. The van der Waals surface area contributed by atoms with Crippen molar-refractivity contribution in [3.8, 4) is 11.5 Å². The third kappa shape index (κ3) is 5.63. The molecule has 2 aromatic carbocycles. The van der Waals surface area contributed by atoms with Gasteiger partial charge in [0.25, 0.3) is 0 Å². The second kappa shape index (κ2) is 9.05. The molecular formula is C19H18BrNO5. The first-order valence-electron chi connectivity index (χ1n) is 7.67. The average molecular weight is 420 g/mol. The standard InChI is InChI=1S/C19H18BrNO5/c1-12(22)21-16(19(23)24)9-14-5-8-17(18(10-14)25-2)26-11-13-3-6-15(20)7-4-13/h3-10H,11H2,1-2H3,(H,21,22)(H,23,24)/b16-9+. The van der Waals surface area contributed by atoms with Crippen LogP contribution in [0.1, 0.15) is 18.1 Å². The van der Waals surface area contributed by atoms with E-state index in [0.29, 0.717) is 23.7 Å². The summed E-state index contributed by atoms with van der Waals surface area (Å²) >= 11 is 3.38. The van der Waals surface area contributed by atoms with E-state index >= 15 is 0 Å². The van der Waals surface area contributed by atoms with Crippen molar-refractivity contribution in [2.75, 3.05) is 7.11 Å². The van der Waals surface area contributed by atoms with Crippen LogP contribution in [0.3, 0.4) is 0 Å². The Labute approximate surface area is 159 Å². The van der Waals surface area contributed by atoms with Gasteiger partial charge in [0, 0.05) is 11.4 Å². The molecule has 0 aromatic heterocycles. The number of benzene rings is 2. The quantitative estimate of drug-likeness (QED) is 0.669. The van der Waals surface area contributed by atoms with Crippen molar-refractivity contribution in [2.24, 2.45) is 0 Å². The highest BCUT2D eigenvalue weighted by atomic mass is 79.9. The number of carbonyl (C=O) groups is 2. The lowest BCUT2D eigenvalue weighted by Crippen LogP contribution is -2.24. The van der Waals surface area contributed by atoms with Gasteiger partial charge in [-0.25, -0.2) is 4.79 Å². The Morgan fingerprint density at radius 3 is 2.42 bits per heavy atom. The molecule has 0 fully saturated rings. The van der Waals surface area contributed by atoms with E-state index in [1.165, 1.54) is 20.1 Å². The number of carboxylic acid groups (broad SMARTS) is 1. The maximum absolute atomic E-state index is 11.2. The Balaban J connectivity index is 2.19. The molecule has 0 radical (unpaired) electrons. The highest BCUT2D eigenvalue weighted by Crippen LogP contribution is 2.29. The Bertz CT molecular complexity index is 830. The lowest BCUT2D eigenvalue weighted by atomic mass is 10.1. The number of carbonyl (C=O) groups excluding carboxylic acids is 1. The Hall–Kier alpha value is -2.80. The van der Waals surface area contributed by atoms with E-state index in [-0.39, 0.29) is 5.70 Å². The normalized spacial score (nSPS) is 11.0. The third-order valence-electron chi connectivity index (χ3n) is 3.35. The lowest BCUT2D eigenvalue weighted by molar-refractivity contribution is -0.134. The van der Waals surface area contributed by atoms with Gasteiger partial charge in [0.15, 0.2) is 11.5 Å². The van der Waals surface area contributed by atoms with Crippen molar-refractivity contribution in [2.45, 2.75) is 13.5 Å². The highest BCUT2D eigenvalue weighted by Gasteiger charge is 2.11. The van der Waals surface area contributed by atoms with Crippen molar-refractivity contribution >= 4 is 33.9 Å². The number of ether oxygens (including phenoxy) is 2. The number of aliphatic carboxylic acids is 1. The molecule has 0 saturated heterocycles.